The van der Waals surface area contributed by atoms with Crippen LogP contribution in [0.1, 0.15) is 59.3 Å². The van der Waals surface area contributed by atoms with Gasteiger partial charge in [-0.05, 0) is 90.6 Å². The molecule has 8 rings (SSSR count). The number of carboxylic acid groups (broad SMARTS) is 1. The minimum absolute atomic E-state index is 0.00108. The van der Waals surface area contributed by atoms with Crippen LogP contribution >= 0.6 is 22.6 Å². The third kappa shape index (κ3) is 9.31. The second-order valence-corrected chi connectivity index (χ2v) is 14.2. The highest BCUT2D eigenvalue weighted by Gasteiger charge is 2.42. The molecule has 0 bridgehead atoms. The summed E-state index contributed by atoms with van der Waals surface area (Å²) in [5, 5.41) is 40.6. The van der Waals surface area contributed by atoms with Crippen molar-refractivity contribution in [1.29, 1.82) is 10.5 Å². The number of halogens is 7. The zero-order valence-corrected chi connectivity index (χ0v) is 37.3. The summed E-state index contributed by atoms with van der Waals surface area (Å²) < 4.78 is 87.0. The predicted molar refractivity (Wildman–Crippen MR) is 236 cm³/mol. The Bertz CT molecular complexity index is 3140. The number of nitriles is 2. The lowest BCUT2D eigenvalue weighted by atomic mass is 9.94. The van der Waals surface area contributed by atoms with Gasteiger partial charge in [0.1, 0.15) is 12.1 Å². The van der Waals surface area contributed by atoms with E-state index in [0.717, 1.165) is 28.8 Å². The van der Waals surface area contributed by atoms with Gasteiger partial charge in [-0.15, -0.1) is 10.2 Å². The summed E-state index contributed by atoms with van der Waals surface area (Å²) >= 11 is 2.15. The van der Waals surface area contributed by atoms with Crippen LogP contribution in [0.25, 0.3) is 0 Å². The number of fused-ring (bicyclic) bond motifs is 2. The van der Waals surface area contributed by atoms with E-state index >= 15 is 0 Å². The van der Waals surface area contributed by atoms with Crippen molar-refractivity contribution in [3.63, 3.8) is 0 Å². The molecule has 2 aliphatic heterocycles. The standard InChI is InChI=1S/C22H16F3N5O3.C21H14F3N5O3.CH3I/c1-12-17(19(31)33-2)18(14-8-6-13(11-26)7-9-14)30-20(27-28-21(30)32)29(12)16-5-3-4-15(10-16)22(23,24)25;1-11-16(18(30)31)17(13-7-5-12(10-25)6-8-13)29-19(26-27-20(29)32)28(11)15-4-2-3-14(9-15)21(22,23)24;1-2/h3-10,18H,1-2H3,(H,28,32);2-9,17H,1H3,(H,27,32)(H,30,31);1H3. The number of benzene rings is 4. The first-order chi connectivity index (χ1) is 31.8. The number of ether oxygens (including phenoxy) is 1. The summed E-state index contributed by atoms with van der Waals surface area (Å²) in [5.41, 5.74) is -1.44. The van der Waals surface area contributed by atoms with Crippen molar-refractivity contribution in [2.75, 3.05) is 21.8 Å². The van der Waals surface area contributed by atoms with E-state index in [9.17, 15) is 50.6 Å². The van der Waals surface area contributed by atoms with Gasteiger partial charge < -0.3 is 9.84 Å². The first kappa shape index (κ1) is 48.5. The van der Waals surface area contributed by atoms with Crippen LogP contribution in [-0.4, -0.2) is 58.6 Å². The third-order valence-corrected chi connectivity index (χ3v) is 10.5. The van der Waals surface area contributed by atoms with Gasteiger partial charge in [-0.25, -0.2) is 38.5 Å². The summed E-state index contributed by atoms with van der Waals surface area (Å²) in [6.45, 7) is 2.97. The molecule has 0 saturated heterocycles. The molecule has 0 saturated carbocycles. The number of alkyl halides is 7. The fraction of sp³-hybridized carbons (Fsp3) is 0.182. The van der Waals surface area contributed by atoms with E-state index in [1.54, 1.807) is 12.1 Å². The van der Waals surface area contributed by atoms with Crippen molar-refractivity contribution in [3.05, 3.63) is 174 Å². The van der Waals surface area contributed by atoms with Gasteiger partial charge in [0.05, 0.1) is 52.6 Å². The normalized spacial score (nSPS) is 15.5. The van der Waals surface area contributed by atoms with Gasteiger partial charge in [-0.1, -0.05) is 59.0 Å². The molecule has 2 aliphatic rings. The number of hydrogen-bond donors (Lipinski definition) is 3. The van der Waals surface area contributed by atoms with Crippen LogP contribution in [-0.2, 0) is 26.7 Å². The van der Waals surface area contributed by atoms with Crippen molar-refractivity contribution < 1.29 is 45.8 Å². The molecule has 6 aromatic rings. The molecule has 0 amide bonds. The van der Waals surface area contributed by atoms with E-state index in [1.165, 1.54) is 96.0 Å². The number of aromatic nitrogens is 6. The van der Waals surface area contributed by atoms with E-state index in [4.69, 9.17) is 15.3 Å². The van der Waals surface area contributed by atoms with Crippen LogP contribution in [0.5, 0.6) is 0 Å². The van der Waals surface area contributed by atoms with E-state index in [1.807, 2.05) is 17.1 Å². The molecule has 4 aromatic carbocycles. The lowest BCUT2D eigenvalue weighted by molar-refractivity contribution is -0.138. The molecule has 3 N–H and O–H groups in total. The van der Waals surface area contributed by atoms with Crippen LogP contribution in [0.3, 0.4) is 0 Å². The molecule has 16 nitrogen and oxygen atoms in total. The van der Waals surface area contributed by atoms with Gasteiger partial charge in [0, 0.05) is 22.8 Å². The van der Waals surface area contributed by atoms with Gasteiger partial charge in [0.25, 0.3) is 0 Å². The fourth-order valence-electron chi connectivity index (χ4n) is 7.58. The molecular formula is C44H33F6IN10O6. The number of hydrogen-bond acceptors (Lipinski definition) is 11. The number of nitrogens with one attached hydrogen (secondary N) is 2. The minimum atomic E-state index is -4.62. The molecule has 2 aromatic heterocycles. The van der Waals surface area contributed by atoms with Gasteiger partial charge in [-0.3, -0.25) is 9.80 Å². The number of aromatic amines is 2. The molecule has 0 fully saturated rings. The Morgan fingerprint density at radius 3 is 1.39 bits per heavy atom. The number of rotatable bonds is 6. The lowest BCUT2D eigenvalue weighted by Crippen LogP contribution is -2.37. The number of carboxylic acids is 1. The number of esters is 1. The molecule has 0 spiro atoms. The maximum atomic E-state index is 13.3. The van der Waals surface area contributed by atoms with Crippen LogP contribution in [0.15, 0.2) is 129 Å². The molecule has 4 heterocycles. The Kier molecular flexibility index (Phi) is 14.0. The number of carbonyl (C=O) groups is 2. The number of methoxy groups -OCH3 is 1. The lowest BCUT2D eigenvalue weighted by Gasteiger charge is -2.35. The second-order valence-electron chi connectivity index (χ2n) is 14.2. The highest BCUT2D eigenvalue weighted by Crippen LogP contribution is 2.44. The van der Waals surface area contributed by atoms with E-state index in [0.29, 0.717) is 22.3 Å². The average Bonchev–Trinajstić information content (AvgIpc) is 3.89. The van der Waals surface area contributed by atoms with E-state index in [-0.39, 0.29) is 45.8 Å². The number of allylic oxidation sites excluding steroid dienone is 2. The third-order valence-electron chi connectivity index (χ3n) is 10.5. The Morgan fingerprint density at radius 2 is 1.04 bits per heavy atom. The molecular weight excluding hydrogens is 1010 g/mol. The van der Waals surface area contributed by atoms with Gasteiger partial charge in [0.2, 0.25) is 11.9 Å². The predicted octanol–water partition coefficient (Wildman–Crippen LogP) is 8.26. The minimum Gasteiger partial charge on any atom is -0.478 e. The monoisotopic (exact) mass is 1040 g/mol. The highest BCUT2D eigenvalue weighted by atomic mass is 127. The van der Waals surface area contributed by atoms with Gasteiger partial charge >= 0.3 is 35.7 Å². The molecule has 344 valence electrons. The second kappa shape index (κ2) is 19.3. The zero-order valence-electron chi connectivity index (χ0n) is 35.1. The topological polar surface area (TPSA) is 219 Å². The van der Waals surface area contributed by atoms with Crippen molar-refractivity contribution in [1.82, 2.24) is 29.5 Å². The molecule has 2 atom stereocenters. The molecule has 23 heteroatoms. The average molecular weight is 1040 g/mol. The molecule has 67 heavy (non-hydrogen) atoms. The van der Waals surface area contributed by atoms with Gasteiger partial charge in [-0.2, -0.15) is 36.9 Å². The smallest absolute Gasteiger partial charge is 0.416 e. The van der Waals surface area contributed by atoms with Crippen molar-refractivity contribution in [2.45, 2.75) is 38.3 Å². The summed E-state index contributed by atoms with van der Waals surface area (Å²) in [5.74, 6) is -2.19. The fourth-order valence-corrected chi connectivity index (χ4v) is 7.58. The van der Waals surface area contributed by atoms with Crippen LogP contribution in [0, 0.1) is 22.7 Å². The molecule has 0 aliphatic carbocycles. The number of aliphatic carboxylic acids is 1. The van der Waals surface area contributed by atoms with Crippen LogP contribution in [0.2, 0.25) is 0 Å². The summed E-state index contributed by atoms with van der Waals surface area (Å²) in [6, 6.07) is 22.9. The molecule has 2 unspecified atom stereocenters. The molecule has 0 radical (unpaired) electrons. The first-order valence-electron chi connectivity index (χ1n) is 19.2. The summed E-state index contributed by atoms with van der Waals surface area (Å²) in [7, 11) is 1.17. The zero-order chi connectivity index (χ0) is 49.1. The Hall–Kier alpha value is -7.93. The number of anilines is 4. The maximum Gasteiger partial charge on any atom is 0.416 e. The summed E-state index contributed by atoms with van der Waals surface area (Å²) in [4.78, 5) is 54.9. The maximum absolute atomic E-state index is 13.3. The Balaban J connectivity index is 0.000000213. The largest absolute Gasteiger partial charge is 0.478 e. The quantitative estimate of drug-likeness (QED) is 0.0622. The van der Waals surface area contributed by atoms with Crippen LogP contribution < -0.4 is 21.2 Å². The van der Waals surface area contributed by atoms with Crippen molar-refractivity contribution in [3.8, 4) is 12.1 Å². The van der Waals surface area contributed by atoms with Crippen molar-refractivity contribution in [2.24, 2.45) is 0 Å². The van der Waals surface area contributed by atoms with E-state index < -0.39 is 58.9 Å². The number of H-pyrrole nitrogens is 2. The summed E-state index contributed by atoms with van der Waals surface area (Å²) in [6.07, 6.45) is -9.21. The van der Waals surface area contributed by atoms with E-state index in [2.05, 4.69) is 43.0 Å². The first-order valence-corrected chi connectivity index (χ1v) is 21.4. The van der Waals surface area contributed by atoms with Crippen LogP contribution in [0.4, 0.5) is 49.6 Å². The highest BCUT2D eigenvalue weighted by molar-refractivity contribution is 14.1. The number of carbonyl (C=O) groups excluding carboxylic acids is 1. The Labute approximate surface area is 388 Å². The number of nitrogens with zero attached hydrogens (tertiary/aromatic N) is 8. The van der Waals surface area contributed by atoms with Gasteiger partial charge in [0.15, 0.2) is 0 Å². The van der Waals surface area contributed by atoms with Crippen molar-refractivity contribution >= 4 is 57.8 Å². The SMILES string of the molecule is CC1=C(C(=O)O)C(c2ccc(C#N)cc2)n2c(n[nH]c2=O)N1c1cccc(C(F)(F)F)c1.CI.COC(=O)C1=C(C)N(c2cccc(C(F)(F)F)c2)c2n[nH]c(=O)n2C1c1ccc(C#N)cc1. The Morgan fingerprint density at radius 1 is 0.672 bits per heavy atom.